The van der Waals surface area contributed by atoms with Crippen molar-refractivity contribution in [2.24, 2.45) is 4.99 Å². The normalized spacial score (nSPS) is 15.5. The van der Waals surface area contributed by atoms with E-state index >= 15 is 0 Å². The first kappa shape index (κ1) is 22.7. The van der Waals surface area contributed by atoms with E-state index in [4.69, 9.17) is 14.1 Å². The molecule has 0 unspecified atom stereocenters. The molecule has 8 nitrogen and oxygen atoms in total. The molecule has 0 spiro atoms. The SMILES string of the molecule is CCOCCCN=C(NCCc1ccco1)N1CCC(c2ncn[nH]2)CC1.I. The fourth-order valence-electron chi connectivity index (χ4n) is 3.29. The summed E-state index contributed by atoms with van der Waals surface area (Å²) in [7, 11) is 0. The standard InChI is InChI=1S/C19H30N6O2.HI/c1-2-26-13-4-9-20-19(21-10-6-17-5-3-14-27-17)25-11-7-16(8-12-25)18-22-15-23-24-18;/h3,5,14-16H,2,4,6-13H2,1H3,(H,20,21)(H,22,23,24);1H. The number of H-pyrrole nitrogens is 1. The summed E-state index contributed by atoms with van der Waals surface area (Å²) in [5, 5.41) is 10.5. The van der Waals surface area contributed by atoms with Crippen molar-refractivity contribution in [3.05, 3.63) is 36.3 Å². The average Bonchev–Trinajstić information content (AvgIpc) is 3.41. The van der Waals surface area contributed by atoms with Crippen LogP contribution in [0.1, 0.15) is 43.7 Å². The van der Waals surface area contributed by atoms with Crippen molar-refractivity contribution in [3.63, 3.8) is 0 Å². The molecular weight excluding hydrogens is 471 g/mol. The second-order valence-corrected chi connectivity index (χ2v) is 6.64. The minimum Gasteiger partial charge on any atom is -0.469 e. The molecule has 28 heavy (non-hydrogen) atoms. The highest BCUT2D eigenvalue weighted by molar-refractivity contribution is 14.0. The minimum absolute atomic E-state index is 0. The van der Waals surface area contributed by atoms with E-state index in [0.29, 0.717) is 5.92 Å². The Bertz CT molecular complexity index is 654. The van der Waals surface area contributed by atoms with Crippen molar-refractivity contribution < 1.29 is 9.15 Å². The van der Waals surface area contributed by atoms with Crippen molar-refractivity contribution >= 4 is 29.9 Å². The lowest BCUT2D eigenvalue weighted by molar-refractivity contribution is 0.146. The van der Waals surface area contributed by atoms with Crippen molar-refractivity contribution in [2.45, 2.75) is 38.5 Å². The molecule has 0 saturated carbocycles. The van der Waals surface area contributed by atoms with Crippen LogP contribution in [-0.4, -0.2) is 65.4 Å². The van der Waals surface area contributed by atoms with Gasteiger partial charge < -0.3 is 19.4 Å². The lowest BCUT2D eigenvalue weighted by Gasteiger charge is -2.33. The van der Waals surface area contributed by atoms with E-state index in [1.165, 1.54) is 0 Å². The third-order valence-electron chi connectivity index (χ3n) is 4.76. The average molecular weight is 502 g/mol. The smallest absolute Gasteiger partial charge is 0.193 e. The molecular formula is C19H31IN6O2. The number of aliphatic imine (C=N–C) groups is 1. The third-order valence-corrected chi connectivity index (χ3v) is 4.76. The molecule has 0 amide bonds. The van der Waals surface area contributed by atoms with E-state index in [-0.39, 0.29) is 24.0 Å². The highest BCUT2D eigenvalue weighted by Gasteiger charge is 2.24. The number of piperidine rings is 1. The zero-order valence-corrected chi connectivity index (χ0v) is 18.8. The third kappa shape index (κ3) is 7.08. The molecule has 0 aliphatic carbocycles. The van der Waals surface area contributed by atoms with Crippen LogP contribution >= 0.6 is 24.0 Å². The fraction of sp³-hybridized carbons (Fsp3) is 0.632. The van der Waals surface area contributed by atoms with Crippen LogP contribution in [-0.2, 0) is 11.2 Å². The topological polar surface area (TPSA) is 91.6 Å². The highest BCUT2D eigenvalue weighted by Crippen LogP contribution is 2.24. The van der Waals surface area contributed by atoms with Crippen molar-refractivity contribution in [3.8, 4) is 0 Å². The number of ether oxygens (including phenoxy) is 1. The number of nitrogens with one attached hydrogen (secondary N) is 2. The van der Waals surface area contributed by atoms with Crippen LogP contribution in [0.4, 0.5) is 0 Å². The number of nitrogens with zero attached hydrogens (tertiary/aromatic N) is 4. The van der Waals surface area contributed by atoms with Crippen LogP contribution in [0.3, 0.4) is 0 Å². The Morgan fingerprint density at radius 2 is 2.29 bits per heavy atom. The van der Waals surface area contributed by atoms with Crippen molar-refractivity contribution in [1.29, 1.82) is 0 Å². The van der Waals surface area contributed by atoms with E-state index in [2.05, 4.69) is 25.4 Å². The van der Waals surface area contributed by atoms with E-state index < -0.39 is 0 Å². The van der Waals surface area contributed by atoms with E-state index in [0.717, 1.165) is 82.6 Å². The molecule has 9 heteroatoms. The number of hydrogen-bond donors (Lipinski definition) is 2. The zero-order valence-electron chi connectivity index (χ0n) is 16.5. The zero-order chi connectivity index (χ0) is 18.7. The number of likely N-dealkylation sites (tertiary alicyclic amines) is 1. The van der Waals surface area contributed by atoms with E-state index in [1.807, 2.05) is 19.1 Å². The predicted octanol–water partition coefficient (Wildman–Crippen LogP) is 2.81. The summed E-state index contributed by atoms with van der Waals surface area (Å²) >= 11 is 0. The van der Waals surface area contributed by atoms with Gasteiger partial charge >= 0.3 is 0 Å². The van der Waals surface area contributed by atoms with Gasteiger partial charge in [-0.3, -0.25) is 10.1 Å². The van der Waals surface area contributed by atoms with Gasteiger partial charge in [0.05, 0.1) is 6.26 Å². The molecule has 156 valence electrons. The molecule has 0 atom stereocenters. The van der Waals surface area contributed by atoms with Crippen molar-refractivity contribution in [2.75, 3.05) is 39.4 Å². The summed E-state index contributed by atoms with van der Waals surface area (Å²) < 4.78 is 10.8. The first-order chi connectivity index (χ1) is 13.4. The number of guanidine groups is 1. The fourth-order valence-corrected chi connectivity index (χ4v) is 3.29. The van der Waals surface area contributed by atoms with Gasteiger partial charge in [-0.2, -0.15) is 5.10 Å². The van der Waals surface area contributed by atoms with Gasteiger partial charge in [0.25, 0.3) is 0 Å². The molecule has 3 heterocycles. The lowest BCUT2D eigenvalue weighted by atomic mass is 9.96. The second-order valence-electron chi connectivity index (χ2n) is 6.64. The second kappa shape index (κ2) is 12.8. The Balaban J connectivity index is 0.00000280. The number of aromatic amines is 1. The number of halogens is 1. The maximum absolute atomic E-state index is 5.42. The summed E-state index contributed by atoms with van der Waals surface area (Å²) in [6, 6.07) is 3.93. The van der Waals surface area contributed by atoms with Crippen LogP contribution in [0.2, 0.25) is 0 Å². The lowest BCUT2D eigenvalue weighted by Crippen LogP contribution is -2.46. The van der Waals surface area contributed by atoms with Crippen LogP contribution in [0, 0.1) is 0 Å². The van der Waals surface area contributed by atoms with Gasteiger partial charge in [-0.25, -0.2) is 4.98 Å². The molecule has 1 aliphatic rings. The van der Waals surface area contributed by atoms with Crippen molar-refractivity contribution in [1.82, 2.24) is 25.4 Å². The molecule has 1 aliphatic heterocycles. The van der Waals surface area contributed by atoms with Gasteiger partial charge in [0, 0.05) is 51.7 Å². The maximum Gasteiger partial charge on any atom is 0.193 e. The van der Waals surface area contributed by atoms with E-state index in [1.54, 1.807) is 12.6 Å². The molecule has 2 aromatic rings. The largest absolute Gasteiger partial charge is 0.469 e. The Morgan fingerprint density at radius 1 is 1.43 bits per heavy atom. The molecule has 1 saturated heterocycles. The first-order valence-corrected chi connectivity index (χ1v) is 9.85. The summed E-state index contributed by atoms with van der Waals surface area (Å²) in [6.07, 6.45) is 7.18. The maximum atomic E-state index is 5.42. The first-order valence-electron chi connectivity index (χ1n) is 9.85. The molecule has 0 radical (unpaired) electrons. The minimum atomic E-state index is 0. The quantitative estimate of drug-likeness (QED) is 0.237. The predicted molar refractivity (Wildman–Crippen MR) is 119 cm³/mol. The molecule has 0 bridgehead atoms. The van der Waals surface area contributed by atoms with Gasteiger partial charge in [0.15, 0.2) is 5.96 Å². The molecule has 2 aromatic heterocycles. The molecule has 3 rings (SSSR count). The number of aromatic nitrogens is 3. The summed E-state index contributed by atoms with van der Waals surface area (Å²) in [5.41, 5.74) is 0. The van der Waals surface area contributed by atoms with E-state index in [9.17, 15) is 0 Å². The Kier molecular flexibility index (Phi) is 10.3. The summed E-state index contributed by atoms with van der Waals surface area (Å²) in [6.45, 7) is 7.03. The van der Waals surface area contributed by atoms with Crippen LogP contribution in [0.5, 0.6) is 0 Å². The Morgan fingerprint density at radius 3 is 2.96 bits per heavy atom. The van der Waals surface area contributed by atoms with Gasteiger partial charge in [-0.05, 0) is 38.3 Å². The van der Waals surface area contributed by atoms with Gasteiger partial charge in [-0.1, -0.05) is 0 Å². The molecule has 2 N–H and O–H groups in total. The Labute approximate surface area is 183 Å². The van der Waals surface area contributed by atoms with Gasteiger partial charge in [0.1, 0.15) is 17.9 Å². The van der Waals surface area contributed by atoms with Gasteiger partial charge in [-0.15, -0.1) is 24.0 Å². The number of hydrogen-bond acceptors (Lipinski definition) is 5. The van der Waals surface area contributed by atoms with Gasteiger partial charge in [0.2, 0.25) is 0 Å². The monoisotopic (exact) mass is 502 g/mol. The summed E-state index contributed by atoms with van der Waals surface area (Å²) in [5.74, 6) is 3.41. The number of rotatable bonds is 9. The molecule has 0 aromatic carbocycles. The van der Waals surface area contributed by atoms with Crippen LogP contribution in [0.15, 0.2) is 34.1 Å². The van der Waals surface area contributed by atoms with Crippen LogP contribution < -0.4 is 5.32 Å². The van der Waals surface area contributed by atoms with Crippen LogP contribution in [0.25, 0.3) is 0 Å². The highest BCUT2D eigenvalue weighted by atomic mass is 127. The Hall–Kier alpha value is -1.62. The number of furan rings is 1. The summed E-state index contributed by atoms with van der Waals surface area (Å²) in [4.78, 5) is 11.5. The molecule has 1 fully saturated rings.